The van der Waals surface area contributed by atoms with Crippen molar-refractivity contribution in [2.24, 2.45) is 0 Å². The van der Waals surface area contributed by atoms with Crippen LogP contribution in [0.2, 0.25) is 0 Å². The fourth-order valence-electron chi connectivity index (χ4n) is 3.42. The Kier molecular flexibility index (Phi) is 4.71. The molecule has 0 bridgehead atoms. The van der Waals surface area contributed by atoms with Gasteiger partial charge in [-0.05, 0) is 30.7 Å². The number of fused-ring (bicyclic) bond motifs is 1. The second kappa shape index (κ2) is 7.36. The van der Waals surface area contributed by atoms with Crippen molar-refractivity contribution < 1.29 is 9.31 Å². The Balaban J connectivity index is 1.81. The number of nitrogens with zero attached hydrogens (tertiary/aromatic N) is 3. The molecule has 150 valence electrons. The van der Waals surface area contributed by atoms with Gasteiger partial charge in [-0.15, -0.1) is 0 Å². The zero-order chi connectivity index (χ0) is 21.4. The molecular formula is C21H16FN5O3. The highest BCUT2D eigenvalue weighted by Crippen LogP contribution is 2.32. The van der Waals surface area contributed by atoms with Gasteiger partial charge in [-0.3, -0.25) is 14.9 Å². The van der Waals surface area contributed by atoms with Crippen LogP contribution in [0.3, 0.4) is 0 Å². The van der Waals surface area contributed by atoms with Gasteiger partial charge in [0.25, 0.3) is 5.56 Å². The van der Waals surface area contributed by atoms with Gasteiger partial charge in [0.2, 0.25) is 5.82 Å². The van der Waals surface area contributed by atoms with Crippen LogP contribution >= 0.6 is 0 Å². The van der Waals surface area contributed by atoms with E-state index in [-0.39, 0.29) is 28.2 Å². The Morgan fingerprint density at radius 2 is 1.87 bits per heavy atom. The van der Waals surface area contributed by atoms with Crippen LogP contribution in [0.15, 0.2) is 53.3 Å². The van der Waals surface area contributed by atoms with Gasteiger partial charge in [-0.2, -0.15) is 5.10 Å². The minimum atomic E-state index is -0.649. The second-order valence-corrected chi connectivity index (χ2v) is 6.82. The maximum absolute atomic E-state index is 14.6. The van der Waals surface area contributed by atoms with Crippen molar-refractivity contribution >= 4 is 22.3 Å². The Hall–Kier alpha value is -4.14. The number of hydrogen-bond acceptors (Lipinski definition) is 6. The topological polar surface area (TPSA) is 128 Å². The van der Waals surface area contributed by atoms with Crippen LogP contribution in [-0.4, -0.2) is 20.1 Å². The third-order valence-electron chi connectivity index (χ3n) is 4.89. The number of nitrogen functional groups attached to an aromatic ring is 1. The van der Waals surface area contributed by atoms with E-state index in [9.17, 15) is 19.3 Å². The number of aryl methyl sites for hydroxylation is 1. The molecule has 0 fully saturated rings. The van der Waals surface area contributed by atoms with E-state index >= 15 is 0 Å². The number of nitrogens with one attached hydrogen (secondary N) is 1. The van der Waals surface area contributed by atoms with Gasteiger partial charge in [0.15, 0.2) is 0 Å². The molecule has 9 heteroatoms. The molecule has 0 amide bonds. The molecule has 0 spiro atoms. The third kappa shape index (κ3) is 3.37. The number of halogens is 1. The Morgan fingerprint density at radius 3 is 2.60 bits per heavy atom. The number of nitrogens with two attached hydrogens (primary N) is 1. The van der Waals surface area contributed by atoms with Crippen LogP contribution in [0.5, 0.6) is 0 Å². The molecule has 8 nitrogen and oxygen atoms in total. The molecule has 2 aromatic heterocycles. The maximum atomic E-state index is 14.6. The number of anilines is 1. The summed E-state index contributed by atoms with van der Waals surface area (Å²) in [7, 11) is 0. The first kappa shape index (κ1) is 19.2. The number of aromatic amines is 1. The summed E-state index contributed by atoms with van der Waals surface area (Å²) in [6, 6.07) is 12.8. The van der Waals surface area contributed by atoms with Crippen molar-refractivity contribution in [1.82, 2.24) is 15.2 Å². The number of hydrogen-bond donors (Lipinski definition) is 2. The summed E-state index contributed by atoms with van der Waals surface area (Å²) in [5.74, 6) is -0.760. The summed E-state index contributed by atoms with van der Waals surface area (Å²) in [5.41, 5.74) is 7.13. The van der Waals surface area contributed by atoms with Crippen LogP contribution < -0.4 is 11.3 Å². The highest BCUT2D eigenvalue weighted by molar-refractivity contribution is 5.83. The number of rotatable bonds is 4. The lowest BCUT2D eigenvalue weighted by atomic mass is 9.98. The number of benzene rings is 2. The predicted octanol–water partition coefficient (Wildman–Crippen LogP) is 3.51. The molecule has 0 unspecified atom stereocenters. The van der Waals surface area contributed by atoms with Crippen molar-refractivity contribution in [3.63, 3.8) is 0 Å². The van der Waals surface area contributed by atoms with Gasteiger partial charge in [0, 0.05) is 34.7 Å². The van der Waals surface area contributed by atoms with E-state index in [4.69, 9.17) is 5.73 Å². The summed E-state index contributed by atoms with van der Waals surface area (Å²) >= 11 is 0. The number of aromatic nitrogens is 3. The molecule has 30 heavy (non-hydrogen) atoms. The standard InChI is InChI=1S/C21H16FN5O3/c1-11-15(10-19(27(29)30)20(23)24-11)16-8-12(6-7-17(16)22)9-18-13-4-2-3-5-14(13)21(28)26-25-18/h2-8,10H,9H2,1H3,(H2,23,24)(H,26,28). The minimum absolute atomic E-state index is 0.175. The first-order valence-corrected chi connectivity index (χ1v) is 9.01. The first-order valence-electron chi connectivity index (χ1n) is 9.01. The molecule has 4 rings (SSSR count). The van der Waals surface area contributed by atoms with E-state index < -0.39 is 10.7 Å². The lowest BCUT2D eigenvalue weighted by Crippen LogP contribution is -2.11. The molecule has 0 radical (unpaired) electrons. The van der Waals surface area contributed by atoms with Gasteiger partial charge < -0.3 is 5.73 Å². The highest BCUT2D eigenvalue weighted by atomic mass is 19.1. The lowest BCUT2D eigenvalue weighted by Gasteiger charge is -2.11. The molecule has 0 saturated carbocycles. The molecule has 0 aliphatic heterocycles. The molecule has 2 heterocycles. The first-order chi connectivity index (χ1) is 14.3. The van der Waals surface area contributed by atoms with E-state index in [0.717, 1.165) is 5.56 Å². The van der Waals surface area contributed by atoms with E-state index in [2.05, 4.69) is 15.2 Å². The van der Waals surface area contributed by atoms with Crippen LogP contribution in [0.4, 0.5) is 15.9 Å². The monoisotopic (exact) mass is 405 g/mol. The molecule has 0 aliphatic rings. The Labute approximate surface area is 169 Å². The largest absolute Gasteiger partial charge is 0.378 e. The van der Waals surface area contributed by atoms with Gasteiger partial charge in [0.1, 0.15) is 5.82 Å². The van der Waals surface area contributed by atoms with E-state index in [1.165, 1.54) is 12.1 Å². The van der Waals surface area contributed by atoms with Gasteiger partial charge >= 0.3 is 5.69 Å². The lowest BCUT2D eigenvalue weighted by molar-refractivity contribution is -0.384. The zero-order valence-corrected chi connectivity index (χ0v) is 15.8. The summed E-state index contributed by atoms with van der Waals surface area (Å²) in [5, 5.41) is 19.1. The molecule has 0 atom stereocenters. The van der Waals surface area contributed by atoms with Crippen molar-refractivity contribution in [2.75, 3.05) is 5.73 Å². The number of nitro groups is 1. The molecule has 0 saturated heterocycles. The zero-order valence-electron chi connectivity index (χ0n) is 15.8. The molecule has 2 aromatic carbocycles. The Morgan fingerprint density at radius 1 is 1.13 bits per heavy atom. The second-order valence-electron chi connectivity index (χ2n) is 6.82. The van der Waals surface area contributed by atoms with Gasteiger partial charge in [0.05, 0.1) is 16.0 Å². The Bertz CT molecular complexity index is 1370. The average molecular weight is 405 g/mol. The van der Waals surface area contributed by atoms with Crippen LogP contribution in [-0.2, 0) is 6.42 Å². The van der Waals surface area contributed by atoms with Crippen molar-refractivity contribution in [3.8, 4) is 11.1 Å². The van der Waals surface area contributed by atoms with Crippen molar-refractivity contribution in [3.05, 3.63) is 91.8 Å². The quantitative estimate of drug-likeness (QED) is 0.395. The van der Waals surface area contributed by atoms with Crippen LogP contribution in [0.1, 0.15) is 17.0 Å². The van der Waals surface area contributed by atoms with E-state index in [1.54, 1.807) is 37.3 Å². The van der Waals surface area contributed by atoms with Gasteiger partial charge in [-0.1, -0.05) is 24.3 Å². The van der Waals surface area contributed by atoms with Crippen molar-refractivity contribution in [1.29, 1.82) is 0 Å². The van der Waals surface area contributed by atoms with E-state index in [1.807, 2.05) is 6.07 Å². The average Bonchev–Trinajstić information content (AvgIpc) is 2.72. The highest BCUT2D eigenvalue weighted by Gasteiger charge is 2.19. The molecular weight excluding hydrogens is 389 g/mol. The SMILES string of the molecule is Cc1nc(N)c([N+](=O)[O-])cc1-c1cc(Cc2n[nH]c(=O)c3ccccc23)ccc1F. The van der Waals surface area contributed by atoms with Crippen LogP contribution in [0.25, 0.3) is 21.9 Å². The number of pyridine rings is 1. The summed E-state index contributed by atoms with van der Waals surface area (Å²) in [6.07, 6.45) is 0.327. The van der Waals surface area contributed by atoms with Crippen molar-refractivity contribution in [2.45, 2.75) is 13.3 Å². The normalized spacial score (nSPS) is 11.0. The van der Waals surface area contributed by atoms with Gasteiger partial charge in [-0.25, -0.2) is 14.5 Å². The fraction of sp³-hybridized carbons (Fsp3) is 0.0952. The molecule has 3 N–H and O–H groups in total. The predicted molar refractivity (Wildman–Crippen MR) is 111 cm³/mol. The van der Waals surface area contributed by atoms with Crippen LogP contribution in [0, 0.1) is 22.9 Å². The summed E-state index contributed by atoms with van der Waals surface area (Å²) in [4.78, 5) is 26.5. The minimum Gasteiger partial charge on any atom is -0.378 e. The molecule has 0 aliphatic carbocycles. The third-order valence-corrected chi connectivity index (χ3v) is 4.89. The fourth-order valence-corrected chi connectivity index (χ4v) is 3.42. The summed E-state index contributed by atoms with van der Waals surface area (Å²) < 4.78 is 14.6. The molecule has 4 aromatic rings. The maximum Gasteiger partial charge on any atom is 0.311 e. The smallest absolute Gasteiger partial charge is 0.311 e. The number of H-pyrrole nitrogens is 1. The van der Waals surface area contributed by atoms with E-state index in [0.29, 0.717) is 28.6 Å². The summed E-state index contributed by atoms with van der Waals surface area (Å²) in [6.45, 7) is 1.61.